The molecule has 2 aliphatic heterocycles. The maximum Gasteiger partial charge on any atom is 0.0356 e. The van der Waals surface area contributed by atoms with Crippen molar-refractivity contribution in [3.63, 3.8) is 0 Å². The van der Waals surface area contributed by atoms with Crippen LogP contribution in [0.1, 0.15) is 95.1 Å². The van der Waals surface area contributed by atoms with Crippen molar-refractivity contribution in [2.24, 2.45) is 23.2 Å². The Balaban J connectivity index is 1.59. The second-order valence-electron chi connectivity index (χ2n) is 11.3. The monoisotopic (exact) mass is 418 g/mol. The summed E-state index contributed by atoms with van der Waals surface area (Å²) in [6.45, 7) is 13.1. The molecule has 0 spiro atoms. The van der Waals surface area contributed by atoms with Crippen molar-refractivity contribution >= 4 is 0 Å². The van der Waals surface area contributed by atoms with Crippen LogP contribution < -0.4 is 10.6 Å². The molecule has 0 radical (unpaired) electrons. The van der Waals surface area contributed by atoms with Gasteiger partial charge in [0.25, 0.3) is 0 Å². The van der Waals surface area contributed by atoms with E-state index in [1.165, 1.54) is 42.4 Å². The molecule has 2 N–H and O–H groups in total. The largest absolute Gasteiger partial charge is 0.310 e. The summed E-state index contributed by atoms with van der Waals surface area (Å²) in [5, 5.41) is 7.93. The van der Waals surface area contributed by atoms with Crippen LogP contribution in [0.3, 0.4) is 0 Å². The van der Waals surface area contributed by atoms with Crippen LogP contribution in [0.4, 0.5) is 0 Å². The maximum absolute atomic E-state index is 4.07. The van der Waals surface area contributed by atoms with Gasteiger partial charge >= 0.3 is 0 Å². The van der Waals surface area contributed by atoms with Crippen LogP contribution in [0, 0.1) is 23.2 Å². The standard InChI is InChI=1S/C29H42N2/c1-20(2)24-16-17-26(31-27(24)21-11-7-6-8-12-21)22-13-9-14-23(19-22)28-25(29(3,4)5)15-10-18-30-28/h6-9,11-14,19-20,24-28,30-31H,10,15-18H2,1-5H3/t24?,25?,26?,27-,28+/m1/s1. The van der Waals surface area contributed by atoms with Crippen LogP contribution >= 0.6 is 0 Å². The van der Waals surface area contributed by atoms with Crippen molar-refractivity contribution in [1.29, 1.82) is 0 Å². The van der Waals surface area contributed by atoms with Gasteiger partial charge in [-0.1, -0.05) is 89.2 Å². The first-order valence-electron chi connectivity index (χ1n) is 12.5. The van der Waals surface area contributed by atoms with Gasteiger partial charge in [0, 0.05) is 18.1 Å². The Kier molecular flexibility index (Phi) is 6.89. The van der Waals surface area contributed by atoms with Crippen LogP contribution in [-0.2, 0) is 0 Å². The average molecular weight is 419 g/mol. The Morgan fingerprint density at radius 3 is 2.23 bits per heavy atom. The molecule has 0 bridgehead atoms. The lowest BCUT2D eigenvalue weighted by atomic mass is 9.70. The molecule has 4 rings (SSSR count). The van der Waals surface area contributed by atoms with Crippen molar-refractivity contribution in [1.82, 2.24) is 10.6 Å². The van der Waals surface area contributed by atoms with Crippen LogP contribution in [0.25, 0.3) is 0 Å². The first-order valence-corrected chi connectivity index (χ1v) is 12.5. The number of hydrogen-bond donors (Lipinski definition) is 2. The molecule has 0 aromatic heterocycles. The third-order valence-electron chi connectivity index (χ3n) is 7.86. The van der Waals surface area contributed by atoms with E-state index in [9.17, 15) is 0 Å². The second-order valence-corrected chi connectivity index (χ2v) is 11.3. The molecule has 2 heterocycles. The lowest BCUT2D eigenvalue weighted by Crippen LogP contribution is -2.41. The van der Waals surface area contributed by atoms with Gasteiger partial charge in [0.15, 0.2) is 0 Å². The molecule has 2 nitrogen and oxygen atoms in total. The van der Waals surface area contributed by atoms with Crippen LogP contribution in [0.5, 0.6) is 0 Å². The highest BCUT2D eigenvalue weighted by Crippen LogP contribution is 2.43. The smallest absolute Gasteiger partial charge is 0.0356 e. The Morgan fingerprint density at radius 1 is 0.806 bits per heavy atom. The van der Waals surface area contributed by atoms with E-state index in [1.807, 2.05) is 0 Å². The van der Waals surface area contributed by atoms with Crippen molar-refractivity contribution in [2.45, 2.75) is 78.4 Å². The van der Waals surface area contributed by atoms with Crippen LogP contribution in [-0.4, -0.2) is 6.54 Å². The van der Waals surface area contributed by atoms with Gasteiger partial charge < -0.3 is 10.6 Å². The highest BCUT2D eigenvalue weighted by atomic mass is 15.0. The zero-order chi connectivity index (χ0) is 22.0. The maximum atomic E-state index is 4.07. The Hall–Kier alpha value is -1.64. The summed E-state index contributed by atoms with van der Waals surface area (Å²) in [5.74, 6) is 2.05. The highest BCUT2D eigenvalue weighted by Gasteiger charge is 2.36. The third kappa shape index (κ3) is 5.07. The summed E-state index contributed by atoms with van der Waals surface area (Å²) in [6.07, 6.45) is 5.11. The van der Waals surface area contributed by atoms with Gasteiger partial charge in [-0.05, 0) is 72.1 Å². The molecular weight excluding hydrogens is 376 g/mol. The summed E-state index contributed by atoms with van der Waals surface area (Å²) >= 11 is 0. The van der Waals surface area contributed by atoms with Crippen molar-refractivity contribution in [2.75, 3.05) is 6.54 Å². The van der Waals surface area contributed by atoms with E-state index in [2.05, 4.69) is 99.8 Å². The molecule has 168 valence electrons. The van der Waals surface area contributed by atoms with Gasteiger partial charge in [-0.2, -0.15) is 0 Å². The summed E-state index contributed by atoms with van der Waals surface area (Å²) in [6, 6.07) is 21.9. The number of piperidine rings is 2. The summed E-state index contributed by atoms with van der Waals surface area (Å²) in [4.78, 5) is 0. The fourth-order valence-electron chi connectivity index (χ4n) is 6.08. The van der Waals surface area contributed by atoms with Crippen molar-refractivity contribution in [3.05, 3.63) is 71.3 Å². The molecule has 2 aliphatic rings. The molecule has 0 saturated carbocycles. The van der Waals surface area contributed by atoms with E-state index in [0.717, 1.165) is 6.54 Å². The van der Waals surface area contributed by atoms with E-state index in [0.29, 0.717) is 41.3 Å². The minimum atomic E-state index is 0.320. The van der Waals surface area contributed by atoms with E-state index in [-0.39, 0.29) is 0 Å². The minimum Gasteiger partial charge on any atom is -0.310 e. The van der Waals surface area contributed by atoms with Gasteiger partial charge in [0.05, 0.1) is 0 Å². The first-order chi connectivity index (χ1) is 14.8. The van der Waals surface area contributed by atoms with Gasteiger partial charge in [-0.3, -0.25) is 0 Å². The molecule has 3 unspecified atom stereocenters. The summed E-state index contributed by atoms with van der Waals surface area (Å²) in [7, 11) is 0. The van der Waals surface area contributed by atoms with Crippen LogP contribution in [0.15, 0.2) is 54.6 Å². The molecular formula is C29H42N2. The molecule has 2 saturated heterocycles. The average Bonchev–Trinajstić information content (AvgIpc) is 2.79. The minimum absolute atomic E-state index is 0.320. The highest BCUT2D eigenvalue weighted by molar-refractivity contribution is 5.31. The number of benzene rings is 2. The zero-order valence-electron chi connectivity index (χ0n) is 20.2. The molecule has 31 heavy (non-hydrogen) atoms. The fourth-order valence-corrected chi connectivity index (χ4v) is 6.08. The lowest BCUT2D eigenvalue weighted by molar-refractivity contribution is 0.139. The van der Waals surface area contributed by atoms with E-state index in [1.54, 1.807) is 0 Å². The van der Waals surface area contributed by atoms with Crippen molar-refractivity contribution in [3.8, 4) is 0 Å². The normalized spacial score (nSPS) is 29.8. The SMILES string of the molecule is CC(C)C1CCC(c2cccc([C@@H]3NCCCC3C(C)(C)C)c2)N[C@@H]1c1ccccc1. The molecule has 2 aromatic carbocycles. The van der Waals surface area contributed by atoms with Gasteiger partial charge in [0.1, 0.15) is 0 Å². The van der Waals surface area contributed by atoms with Gasteiger partial charge in [0.2, 0.25) is 0 Å². The topological polar surface area (TPSA) is 24.1 Å². The second kappa shape index (κ2) is 9.46. The predicted octanol–water partition coefficient (Wildman–Crippen LogP) is 7.21. The molecule has 2 aromatic rings. The molecule has 2 heteroatoms. The third-order valence-corrected chi connectivity index (χ3v) is 7.86. The van der Waals surface area contributed by atoms with Gasteiger partial charge in [-0.15, -0.1) is 0 Å². The number of rotatable bonds is 4. The predicted molar refractivity (Wildman–Crippen MR) is 132 cm³/mol. The Bertz CT molecular complexity index is 835. The van der Waals surface area contributed by atoms with Gasteiger partial charge in [-0.25, -0.2) is 0 Å². The fraction of sp³-hybridized carbons (Fsp3) is 0.586. The van der Waals surface area contributed by atoms with E-state index < -0.39 is 0 Å². The Morgan fingerprint density at radius 2 is 1.52 bits per heavy atom. The summed E-state index contributed by atoms with van der Waals surface area (Å²) in [5.41, 5.74) is 4.69. The molecule has 5 atom stereocenters. The Labute approximate surface area is 190 Å². The van der Waals surface area contributed by atoms with E-state index >= 15 is 0 Å². The first kappa shape index (κ1) is 22.6. The van der Waals surface area contributed by atoms with E-state index in [4.69, 9.17) is 0 Å². The molecule has 0 aliphatic carbocycles. The molecule has 0 amide bonds. The summed E-state index contributed by atoms with van der Waals surface area (Å²) < 4.78 is 0. The molecule has 2 fully saturated rings. The van der Waals surface area contributed by atoms with Crippen molar-refractivity contribution < 1.29 is 0 Å². The number of hydrogen-bond acceptors (Lipinski definition) is 2. The number of nitrogens with one attached hydrogen (secondary N) is 2. The zero-order valence-corrected chi connectivity index (χ0v) is 20.2. The quantitative estimate of drug-likeness (QED) is 0.548. The lowest BCUT2D eigenvalue weighted by Gasteiger charge is -2.42. The van der Waals surface area contributed by atoms with Crippen LogP contribution in [0.2, 0.25) is 0 Å².